The number of fused-ring (bicyclic) bond motifs is 1. The number of guanidine groups is 1. The zero-order valence-corrected chi connectivity index (χ0v) is 24.7. The minimum Gasteiger partial charge on any atom is -0.480 e. The van der Waals surface area contributed by atoms with Gasteiger partial charge in [0.15, 0.2) is 5.96 Å². The summed E-state index contributed by atoms with van der Waals surface area (Å²) < 4.78 is 13.3. The third-order valence-electron chi connectivity index (χ3n) is 6.85. The molecule has 0 fully saturated rings. The van der Waals surface area contributed by atoms with Crippen molar-refractivity contribution in [1.82, 2.24) is 26.3 Å². The highest BCUT2D eigenvalue weighted by Crippen LogP contribution is 2.19. The third kappa shape index (κ3) is 9.98. The maximum absolute atomic E-state index is 13.6. The summed E-state index contributed by atoms with van der Waals surface area (Å²) in [5.74, 6) is -4.25. The van der Waals surface area contributed by atoms with Crippen LogP contribution >= 0.6 is 12.6 Å². The summed E-state index contributed by atoms with van der Waals surface area (Å²) in [5.41, 5.74) is 13.6. The lowest BCUT2D eigenvalue weighted by molar-refractivity contribution is -0.141. The first kappa shape index (κ1) is 33.9. The van der Waals surface area contributed by atoms with Crippen LogP contribution in [-0.4, -0.2) is 76.2 Å². The molecule has 3 amide bonds. The van der Waals surface area contributed by atoms with Crippen LogP contribution in [0.2, 0.25) is 0 Å². The first-order valence-electron chi connectivity index (χ1n) is 13.9. The summed E-state index contributed by atoms with van der Waals surface area (Å²) in [6.07, 6.45) is 2.20. The second kappa shape index (κ2) is 16.3. The van der Waals surface area contributed by atoms with Crippen molar-refractivity contribution < 1.29 is 28.7 Å². The number of nitrogens with one attached hydrogen (secondary N) is 6. The van der Waals surface area contributed by atoms with Crippen LogP contribution in [-0.2, 0) is 32.0 Å². The first-order valence-corrected chi connectivity index (χ1v) is 14.5. The van der Waals surface area contributed by atoms with Crippen LogP contribution in [0.15, 0.2) is 54.7 Å². The molecule has 0 bridgehead atoms. The number of nitrogens with two attached hydrogens (primary N) is 2. The van der Waals surface area contributed by atoms with Crippen LogP contribution in [0.25, 0.3) is 10.9 Å². The van der Waals surface area contributed by atoms with Gasteiger partial charge in [0.05, 0.1) is 6.04 Å². The van der Waals surface area contributed by atoms with Crippen LogP contribution in [0.1, 0.15) is 24.0 Å². The van der Waals surface area contributed by atoms with Gasteiger partial charge >= 0.3 is 5.97 Å². The molecular weight excluding hydrogens is 591 g/mol. The summed E-state index contributed by atoms with van der Waals surface area (Å²) in [6, 6.07) is 8.14. The fraction of sp³-hybridized carbons (Fsp3) is 0.345. The van der Waals surface area contributed by atoms with Gasteiger partial charge in [0.1, 0.15) is 23.9 Å². The Kier molecular flexibility index (Phi) is 12.5. The summed E-state index contributed by atoms with van der Waals surface area (Å²) in [5, 5.41) is 27.9. The van der Waals surface area contributed by atoms with Crippen LogP contribution in [0.3, 0.4) is 0 Å². The third-order valence-corrected chi connectivity index (χ3v) is 7.22. The maximum Gasteiger partial charge on any atom is 0.327 e. The molecule has 44 heavy (non-hydrogen) atoms. The van der Waals surface area contributed by atoms with E-state index in [9.17, 15) is 28.7 Å². The van der Waals surface area contributed by atoms with E-state index < -0.39 is 53.7 Å². The average molecular weight is 629 g/mol. The Hall–Kier alpha value is -4.63. The zero-order chi connectivity index (χ0) is 32.2. The topological polar surface area (TPSA) is 228 Å². The molecule has 15 heteroatoms. The molecule has 0 saturated heterocycles. The smallest absolute Gasteiger partial charge is 0.327 e. The zero-order valence-electron chi connectivity index (χ0n) is 23.8. The number of aromatic nitrogens is 1. The van der Waals surface area contributed by atoms with E-state index in [0.29, 0.717) is 17.5 Å². The number of halogens is 1. The molecule has 0 saturated carbocycles. The van der Waals surface area contributed by atoms with Gasteiger partial charge in [-0.15, -0.1) is 0 Å². The number of para-hydroxylation sites is 1. The lowest BCUT2D eigenvalue weighted by Crippen LogP contribution is -2.58. The van der Waals surface area contributed by atoms with E-state index in [1.54, 1.807) is 6.20 Å². The number of carbonyl (C=O) groups is 4. The fourth-order valence-corrected chi connectivity index (χ4v) is 4.75. The SMILES string of the molecule is N=C(N)NCCC[C@H](NC(=O)[C@H](N)Cc1ccc(F)cc1)C(=O)N[C@@H](Cc1c[nH]c2ccccc12)C(=O)N[C@@H](CS)C(=O)O. The number of hydrogen-bond acceptors (Lipinski definition) is 7. The van der Waals surface area contributed by atoms with Crippen molar-refractivity contribution >= 4 is 53.2 Å². The first-order chi connectivity index (χ1) is 21.0. The van der Waals surface area contributed by atoms with Crippen molar-refractivity contribution in [3.05, 3.63) is 71.7 Å². The highest BCUT2D eigenvalue weighted by Gasteiger charge is 2.30. The Morgan fingerprint density at radius 2 is 1.57 bits per heavy atom. The molecule has 0 radical (unpaired) electrons. The van der Waals surface area contributed by atoms with Crippen molar-refractivity contribution in [2.75, 3.05) is 12.3 Å². The number of carboxylic acid groups (broad SMARTS) is 1. The molecule has 0 unspecified atom stereocenters. The predicted octanol–water partition coefficient (Wildman–Crippen LogP) is 0.152. The predicted molar refractivity (Wildman–Crippen MR) is 167 cm³/mol. The number of hydrogen-bond donors (Lipinski definition) is 10. The van der Waals surface area contributed by atoms with Gasteiger partial charge in [-0.2, -0.15) is 12.6 Å². The van der Waals surface area contributed by atoms with E-state index in [1.807, 2.05) is 24.3 Å². The highest BCUT2D eigenvalue weighted by molar-refractivity contribution is 7.80. The number of aliphatic carboxylic acids is 1. The van der Waals surface area contributed by atoms with E-state index in [1.165, 1.54) is 24.3 Å². The Balaban J connectivity index is 1.81. The van der Waals surface area contributed by atoms with Gasteiger partial charge in [0.2, 0.25) is 17.7 Å². The second-order valence-corrected chi connectivity index (χ2v) is 10.6. The van der Waals surface area contributed by atoms with E-state index in [4.69, 9.17) is 16.9 Å². The van der Waals surface area contributed by atoms with Gasteiger partial charge in [0, 0.05) is 35.8 Å². The van der Waals surface area contributed by atoms with Crippen molar-refractivity contribution in [2.24, 2.45) is 11.5 Å². The molecule has 2 aromatic carbocycles. The Morgan fingerprint density at radius 3 is 2.23 bits per heavy atom. The molecule has 13 nitrogen and oxygen atoms in total. The molecule has 0 spiro atoms. The lowest BCUT2D eigenvalue weighted by Gasteiger charge is -2.25. The number of rotatable bonds is 16. The van der Waals surface area contributed by atoms with E-state index >= 15 is 0 Å². The summed E-state index contributed by atoms with van der Waals surface area (Å²) in [4.78, 5) is 54.6. The van der Waals surface area contributed by atoms with Crippen LogP contribution in [0, 0.1) is 11.2 Å². The quantitative estimate of drug-likeness (QED) is 0.0453. The van der Waals surface area contributed by atoms with Crippen LogP contribution < -0.4 is 32.7 Å². The monoisotopic (exact) mass is 628 g/mol. The Bertz CT molecular complexity index is 1470. The molecule has 4 atom stereocenters. The van der Waals surface area contributed by atoms with Gasteiger partial charge in [0.25, 0.3) is 0 Å². The molecule has 3 aromatic rings. The molecule has 3 rings (SSSR count). The Labute approximate surface area is 258 Å². The van der Waals surface area contributed by atoms with E-state index in [0.717, 1.165) is 10.9 Å². The largest absolute Gasteiger partial charge is 0.480 e. The molecule has 0 aliphatic heterocycles. The van der Waals surface area contributed by atoms with Crippen molar-refractivity contribution in [3.8, 4) is 0 Å². The number of aromatic amines is 1. The standard InChI is InChI=1S/C29H37FN8O5S/c30-18-9-7-16(8-10-18)12-20(31)25(39)36-22(6-3-11-34-29(32)33)26(40)37-23(27(41)38-24(15-44)28(42)43)13-17-14-35-21-5-2-1-4-19(17)21/h1-2,4-5,7-10,14,20,22-24,35,44H,3,6,11-13,15,31H2,(H,36,39)(H,37,40)(H,38,41)(H,42,43)(H4,32,33,34)/t20-,22+,23+,24+/m1/s1. The molecular formula is C29H37FN8O5S. The van der Waals surface area contributed by atoms with E-state index in [2.05, 4.69) is 38.9 Å². The lowest BCUT2D eigenvalue weighted by atomic mass is 10.0. The number of thiol groups is 1. The molecule has 1 heterocycles. The second-order valence-electron chi connectivity index (χ2n) is 10.2. The van der Waals surface area contributed by atoms with Gasteiger partial charge in [-0.1, -0.05) is 30.3 Å². The minimum atomic E-state index is -1.30. The molecule has 1 aromatic heterocycles. The highest BCUT2D eigenvalue weighted by atomic mass is 32.1. The molecule has 236 valence electrons. The molecule has 0 aliphatic rings. The normalized spacial score (nSPS) is 13.7. The van der Waals surface area contributed by atoms with Gasteiger partial charge < -0.3 is 42.8 Å². The number of carbonyl (C=O) groups excluding carboxylic acids is 3. The van der Waals surface area contributed by atoms with Gasteiger partial charge in [-0.05, 0) is 48.6 Å². The number of H-pyrrole nitrogens is 1. The van der Waals surface area contributed by atoms with E-state index in [-0.39, 0.29) is 37.5 Å². The number of benzene rings is 2. The minimum absolute atomic E-state index is 0.0110. The van der Waals surface area contributed by atoms with Crippen molar-refractivity contribution in [3.63, 3.8) is 0 Å². The van der Waals surface area contributed by atoms with Gasteiger partial charge in [-0.25, -0.2) is 9.18 Å². The molecule has 0 aliphatic carbocycles. The maximum atomic E-state index is 13.6. The van der Waals surface area contributed by atoms with Crippen molar-refractivity contribution in [2.45, 2.75) is 49.9 Å². The number of amides is 3. The number of carboxylic acids is 1. The Morgan fingerprint density at radius 1 is 0.932 bits per heavy atom. The summed E-state index contributed by atoms with van der Waals surface area (Å²) in [6.45, 7) is 0.234. The fourth-order valence-electron chi connectivity index (χ4n) is 4.50. The van der Waals surface area contributed by atoms with Crippen LogP contribution in [0.4, 0.5) is 4.39 Å². The average Bonchev–Trinajstić information content (AvgIpc) is 3.40. The van der Waals surface area contributed by atoms with Gasteiger partial charge in [-0.3, -0.25) is 19.8 Å². The molecule has 11 N–H and O–H groups in total. The van der Waals surface area contributed by atoms with Crippen molar-refractivity contribution in [1.29, 1.82) is 5.41 Å². The summed E-state index contributed by atoms with van der Waals surface area (Å²) in [7, 11) is 0. The summed E-state index contributed by atoms with van der Waals surface area (Å²) >= 11 is 4.00. The van der Waals surface area contributed by atoms with Crippen LogP contribution in [0.5, 0.6) is 0 Å².